The highest BCUT2D eigenvalue weighted by Crippen LogP contribution is 2.37. The number of anilines is 2. The number of para-hydroxylation sites is 1. The summed E-state index contributed by atoms with van der Waals surface area (Å²) in [7, 11) is 0. The largest absolute Gasteiger partial charge is 0.328 e. The number of hydrogen-bond donors (Lipinski definition) is 2. The highest BCUT2D eigenvalue weighted by Gasteiger charge is 2.34. The molecule has 6 nitrogen and oxygen atoms in total. The predicted molar refractivity (Wildman–Crippen MR) is 139 cm³/mol. The number of carbonyl (C=O) groups is 1. The number of carbonyl (C=O) groups excluding carboxylic acids is 1. The molecule has 2 heterocycles. The first kappa shape index (κ1) is 20.9. The molecule has 6 rings (SSSR count). The number of nitrogens with zero attached hydrogens (tertiary/aromatic N) is 3. The Hall–Kier alpha value is -4.71. The van der Waals surface area contributed by atoms with Crippen molar-refractivity contribution in [1.29, 1.82) is 0 Å². The molecule has 0 aliphatic carbocycles. The smallest absolute Gasteiger partial charge is 0.255 e. The maximum atomic E-state index is 13.6. The number of fused-ring (bicyclic) bond motifs is 2. The molecule has 0 fully saturated rings. The summed E-state index contributed by atoms with van der Waals surface area (Å²) >= 11 is 0. The lowest BCUT2D eigenvalue weighted by Gasteiger charge is -2.28. The summed E-state index contributed by atoms with van der Waals surface area (Å²) in [6, 6.07) is 33.3. The van der Waals surface area contributed by atoms with E-state index in [4.69, 9.17) is 10.1 Å². The second-order valence-electron chi connectivity index (χ2n) is 8.53. The molecule has 5 aromatic rings. The quantitative estimate of drug-likeness (QED) is 0.346. The highest BCUT2D eigenvalue weighted by atomic mass is 16.1. The van der Waals surface area contributed by atoms with Crippen LogP contribution in [0.3, 0.4) is 0 Å². The summed E-state index contributed by atoms with van der Waals surface area (Å²) in [6.45, 7) is 1.91. The summed E-state index contributed by atoms with van der Waals surface area (Å²) in [4.78, 5) is 18.4. The van der Waals surface area contributed by atoms with Crippen molar-refractivity contribution in [3.05, 3.63) is 120 Å². The van der Waals surface area contributed by atoms with E-state index in [0.717, 1.165) is 33.3 Å². The Morgan fingerprint density at radius 1 is 0.857 bits per heavy atom. The monoisotopic (exact) mass is 457 g/mol. The lowest BCUT2D eigenvalue weighted by atomic mass is 9.95. The van der Waals surface area contributed by atoms with E-state index in [1.165, 1.54) is 0 Å². The Labute approximate surface area is 203 Å². The normalized spacial score (nSPS) is 14.9. The van der Waals surface area contributed by atoms with Gasteiger partial charge in [0.1, 0.15) is 6.04 Å². The van der Waals surface area contributed by atoms with Gasteiger partial charge >= 0.3 is 0 Å². The highest BCUT2D eigenvalue weighted by molar-refractivity contribution is 6.06. The third kappa shape index (κ3) is 3.75. The van der Waals surface area contributed by atoms with E-state index in [9.17, 15) is 4.79 Å². The minimum Gasteiger partial charge on any atom is -0.328 e. The van der Waals surface area contributed by atoms with Gasteiger partial charge in [-0.2, -0.15) is 4.98 Å². The molecule has 1 aliphatic heterocycles. The van der Waals surface area contributed by atoms with Crippen molar-refractivity contribution in [2.45, 2.75) is 13.0 Å². The van der Waals surface area contributed by atoms with Crippen LogP contribution in [0.15, 0.2) is 114 Å². The number of aromatic nitrogens is 3. The number of rotatable bonds is 4. The number of amides is 1. The second kappa shape index (κ2) is 8.57. The van der Waals surface area contributed by atoms with Gasteiger partial charge in [-0.25, -0.2) is 4.68 Å². The van der Waals surface area contributed by atoms with Gasteiger partial charge < -0.3 is 10.6 Å². The molecule has 1 aliphatic rings. The van der Waals surface area contributed by atoms with Gasteiger partial charge in [0.05, 0.1) is 5.57 Å². The molecule has 4 aromatic carbocycles. The number of nitrogens with one attached hydrogen (secondary N) is 2. The van der Waals surface area contributed by atoms with E-state index in [1.807, 2.05) is 96.5 Å². The van der Waals surface area contributed by atoms with Gasteiger partial charge in [-0.1, -0.05) is 91.0 Å². The van der Waals surface area contributed by atoms with Crippen LogP contribution >= 0.6 is 0 Å². The molecule has 0 saturated heterocycles. The third-order valence-electron chi connectivity index (χ3n) is 6.27. The van der Waals surface area contributed by atoms with Crippen LogP contribution in [0.2, 0.25) is 0 Å². The fourth-order valence-electron chi connectivity index (χ4n) is 4.64. The SMILES string of the molecule is CC1=C(C(=O)Nc2ccccc2)C(c2ccccc2)n2nc(-c3cccc4ccccc34)nc2N1. The first-order valence-electron chi connectivity index (χ1n) is 11.5. The Balaban J connectivity index is 1.47. The maximum Gasteiger partial charge on any atom is 0.255 e. The van der Waals surface area contributed by atoms with Crippen molar-refractivity contribution in [3.8, 4) is 11.4 Å². The van der Waals surface area contributed by atoms with Gasteiger partial charge in [-0.15, -0.1) is 5.10 Å². The first-order chi connectivity index (χ1) is 17.2. The van der Waals surface area contributed by atoms with Gasteiger partial charge in [0, 0.05) is 16.9 Å². The standard InChI is InChI=1S/C29H23N5O/c1-19-25(28(35)31-22-15-6-3-7-16-22)26(21-12-4-2-5-13-21)34-29(30-19)32-27(33-34)24-18-10-14-20-11-8-9-17-23(20)24/h2-18,26H,1H3,(H,31,35)(H,30,32,33). The minimum absolute atomic E-state index is 0.178. The summed E-state index contributed by atoms with van der Waals surface area (Å²) in [5.74, 6) is 1.04. The van der Waals surface area contributed by atoms with E-state index in [-0.39, 0.29) is 5.91 Å². The maximum absolute atomic E-state index is 13.6. The van der Waals surface area contributed by atoms with Crippen LogP contribution in [-0.4, -0.2) is 20.7 Å². The molecule has 2 N–H and O–H groups in total. The van der Waals surface area contributed by atoms with E-state index < -0.39 is 6.04 Å². The lowest BCUT2D eigenvalue weighted by molar-refractivity contribution is -0.113. The molecule has 1 atom stereocenters. The summed E-state index contributed by atoms with van der Waals surface area (Å²) in [5.41, 5.74) is 4.00. The van der Waals surface area contributed by atoms with Crippen molar-refractivity contribution < 1.29 is 4.79 Å². The van der Waals surface area contributed by atoms with Gasteiger partial charge in [0.25, 0.3) is 5.91 Å². The van der Waals surface area contributed by atoms with Crippen LogP contribution in [0.4, 0.5) is 11.6 Å². The Morgan fingerprint density at radius 3 is 2.34 bits per heavy atom. The summed E-state index contributed by atoms with van der Waals surface area (Å²) in [5, 5.41) is 13.5. The van der Waals surface area contributed by atoms with Crippen LogP contribution in [0.25, 0.3) is 22.2 Å². The molecule has 6 heteroatoms. The molecule has 0 bridgehead atoms. The zero-order valence-electron chi connectivity index (χ0n) is 19.1. The van der Waals surface area contributed by atoms with Crippen LogP contribution in [-0.2, 0) is 4.79 Å². The molecule has 1 amide bonds. The average molecular weight is 458 g/mol. The topological polar surface area (TPSA) is 71.8 Å². The molecule has 0 saturated carbocycles. The fourth-order valence-corrected chi connectivity index (χ4v) is 4.64. The lowest BCUT2D eigenvalue weighted by Crippen LogP contribution is -2.31. The average Bonchev–Trinajstić information content (AvgIpc) is 3.32. The van der Waals surface area contributed by atoms with Crippen molar-refractivity contribution in [2.75, 3.05) is 10.6 Å². The van der Waals surface area contributed by atoms with E-state index in [2.05, 4.69) is 28.8 Å². The molecule has 170 valence electrons. The van der Waals surface area contributed by atoms with E-state index in [0.29, 0.717) is 17.3 Å². The number of benzene rings is 4. The predicted octanol–water partition coefficient (Wildman–Crippen LogP) is 6.03. The second-order valence-corrected chi connectivity index (χ2v) is 8.53. The van der Waals surface area contributed by atoms with Crippen LogP contribution < -0.4 is 10.6 Å². The van der Waals surface area contributed by atoms with Gasteiger partial charge in [0.15, 0.2) is 5.82 Å². The Morgan fingerprint density at radius 2 is 1.54 bits per heavy atom. The van der Waals surface area contributed by atoms with Crippen molar-refractivity contribution in [1.82, 2.24) is 14.8 Å². The zero-order chi connectivity index (χ0) is 23.8. The Bertz CT molecular complexity index is 1570. The Kier molecular flexibility index (Phi) is 5.11. The van der Waals surface area contributed by atoms with Crippen molar-refractivity contribution >= 4 is 28.3 Å². The van der Waals surface area contributed by atoms with Crippen LogP contribution in [0, 0.1) is 0 Å². The molecule has 0 spiro atoms. The fraction of sp³-hybridized carbons (Fsp3) is 0.0690. The molecule has 0 radical (unpaired) electrons. The minimum atomic E-state index is -0.424. The molecular formula is C29H23N5O. The van der Waals surface area contributed by atoms with Crippen molar-refractivity contribution in [3.63, 3.8) is 0 Å². The van der Waals surface area contributed by atoms with Gasteiger partial charge in [-0.05, 0) is 35.4 Å². The van der Waals surface area contributed by atoms with E-state index in [1.54, 1.807) is 0 Å². The number of hydrogen-bond acceptors (Lipinski definition) is 4. The molecule has 35 heavy (non-hydrogen) atoms. The van der Waals surface area contributed by atoms with Crippen molar-refractivity contribution in [2.24, 2.45) is 0 Å². The summed E-state index contributed by atoms with van der Waals surface area (Å²) < 4.78 is 1.82. The first-order valence-corrected chi connectivity index (χ1v) is 11.5. The summed E-state index contributed by atoms with van der Waals surface area (Å²) in [6.07, 6.45) is 0. The van der Waals surface area contributed by atoms with E-state index >= 15 is 0 Å². The van der Waals surface area contributed by atoms with Crippen LogP contribution in [0.1, 0.15) is 18.5 Å². The molecular weight excluding hydrogens is 434 g/mol. The molecule has 1 unspecified atom stereocenters. The molecule has 1 aromatic heterocycles. The van der Waals surface area contributed by atoms with Gasteiger partial charge in [0.2, 0.25) is 5.95 Å². The van der Waals surface area contributed by atoms with Crippen LogP contribution in [0.5, 0.6) is 0 Å². The third-order valence-corrected chi connectivity index (χ3v) is 6.27. The van der Waals surface area contributed by atoms with Gasteiger partial charge in [-0.3, -0.25) is 4.79 Å². The number of allylic oxidation sites excluding steroid dienone is 1. The zero-order valence-corrected chi connectivity index (χ0v) is 19.1.